The van der Waals surface area contributed by atoms with Crippen LogP contribution in [0.15, 0.2) is 12.2 Å². The first kappa shape index (κ1) is 9.26. The highest BCUT2D eigenvalue weighted by molar-refractivity contribution is 6.18. The van der Waals surface area contributed by atoms with E-state index in [1.165, 1.54) is 0 Å². The van der Waals surface area contributed by atoms with Crippen LogP contribution in [0, 0.1) is 13.8 Å². The molecule has 0 bridgehead atoms. The van der Waals surface area contributed by atoms with E-state index < -0.39 is 0 Å². The van der Waals surface area contributed by atoms with Gasteiger partial charge in [-0.25, -0.2) is 9.67 Å². The second-order valence-electron chi connectivity index (χ2n) is 2.51. The molecule has 0 atom stereocenters. The van der Waals surface area contributed by atoms with E-state index in [1.807, 2.05) is 30.7 Å². The third kappa shape index (κ3) is 2.34. The Morgan fingerprint density at radius 1 is 1.42 bits per heavy atom. The molecule has 1 aromatic rings. The van der Waals surface area contributed by atoms with E-state index >= 15 is 0 Å². The van der Waals surface area contributed by atoms with E-state index in [0.29, 0.717) is 5.88 Å². The number of hydrogen-bond acceptors (Lipinski definition) is 2. The van der Waals surface area contributed by atoms with Crippen LogP contribution in [0.2, 0.25) is 0 Å². The highest BCUT2D eigenvalue weighted by Crippen LogP contribution is 1.95. The van der Waals surface area contributed by atoms with Gasteiger partial charge in [0.2, 0.25) is 0 Å². The maximum absolute atomic E-state index is 5.48. The molecule has 0 amide bonds. The summed E-state index contributed by atoms with van der Waals surface area (Å²) in [6.07, 6.45) is 3.88. The third-order valence-corrected chi connectivity index (χ3v) is 1.67. The van der Waals surface area contributed by atoms with Crippen molar-refractivity contribution < 1.29 is 0 Å². The fourth-order valence-electron chi connectivity index (χ4n) is 0.972. The summed E-state index contributed by atoms with van der Waals surface area (Å²) >= 11 is 5.48. The van der Waals surface area contributed by atoms with Gasteiger partial charge in [-0.05, 0) is 13.8 Å². The van der Waals surface area contributed by atoms with E-state index in [4.69, 9.17) is 11.6 Å². The molecule has 4 heteroatoms. The summed E-state index contributed by atoms with van der Waals surface area (Å²) in [5.74, 6) is 2.30. The van der Waals surface area contributed by atoms with Crippen molar-refractivity contribution in [1.29, 1.82) is 0 Å². The molecule has 66 valence electrons. The summed E-state index contributed by atoms with van der Waals surface area (Å²) in [5, 5.41) is 4.19. The monoisotopic (exact) mass is 185 g/mol. The molecule has 1 aromatic heterocycles. The van der Waals surface area contributed by atoms with Crippen molar-refractivity contribution in [2.24, 2.45) is 0 Å². The zero-order valence-corrected chi connectivity index (χ0v) is 8.04. The Kier molecular flexibility index (Phi) is 3.29. The van der Waals surface area contributed by atoms with E-state index in [9.17, 15) is 0 Å². The average molecular weight is 186 g/mol. The lowest BCUT2D eigenvalue weighted by atomic mass is 10.5. The summed E-state index contributed by atoms with van der Waals surface area (Å²) < 4.78 is 1.85. The van der Waals surface area contributed by atoms with Crippen molar-refractivity contribution in [1.82, 2.24) is 14.8 Å². The molecule has 0 fully saturated rings. The van der Waals surface area contributed by atoms with Crippen molar-refractivity contribution in [3.63, 3.8) is 0 Å². The van der Waals surface area contributed by atoms with Crippen LogP contribution in [0.25, 0.3) is 0 Å². The fourth-order valence-corrected chi connectivity index (χ4v) is 1.10. The Labute approximate surface area is 77.1 Å². The Hall–Kier alpha value is -0.830. The second kappa shape index (κ2) is 4.26. The van der Waals surface area contributed by atoms with Crippen molar-refractivity contribution in [3.8, 4) is 0 Å². The van der Waals surface area contributed by atoms with Crippen LogP contribution in [0.4, 0.5) is 0 Å². The number of aromatic nitrogens is 3. The topological polar surface area (TPSA) is 30.7 Å². The minimum atomic E-state index is 0.548. The average Bonchev–Trinajstić information content (AvgIpc) is 2.31. The predicted molar refractivity (Wildman–Crippen MR) is 49.4 cm³/mol. The summed E-state index contributed by atoms with van der Waals surface area (Å²) in [7, 11) is 0. The number of alkyl halides is 1. The number of nitrogens with zero attached hydrogens (tertiary/aromatic N) is 3. The van der Waals surface area contributed by atoms with Crippen LogP contribution in [-0.4, -0.2) is 20.6 Å². The van der Waals surface area contributed by atoms with Gasteiger partial charge in [0.25, 0.3) is 0 Å². The van der Waals surface area contributed by atoms with Gasteiger partial charge >= 0.3 is 0 Å². The van der Waals surface area contributed by atoms with Crippen LogP contribution in [-0.2, 0) is 6.54 Å². The molecule has 0 unspecified atom stereocenters. The Morgan fingerprint density at radius 2 is 2.17 bits per heavy atom. The third-order valence-electron chi connectivity index (χ3n) is 1.50. The minimum absolute atomic E-state index is 0.548. The lowest BCUT2D eigenvalue weighted by molar-refractivity contribution is 0.669. The highest BCUT2D eigenvalue weighted by atomic mass is 35.5. The van der Waals surface area contributed by atoms with Crippen LogP contribution >= 0.6 is 11.6 Å². The number of aryl methyl sites for hydroxylation is 2. The molecular formula is C8H12ClN3. The molecule has 0 aliphatic heterocycles. The molecule has 0 saturated carbocycles. The molecule has 0 spiro atoms. The van der Waals surface area contributed by atoms with Gasteiger partial charge in [-0.1, -0.05) is 12.2 Å². The molecule has 3 nitrogen and oxygen atoms in total. The lowest BCUT2D eigenvalue weighted by Gasteiger charge is -1.95. The summed E-state index contributed by atoms with van der Waals surface area (Å²) in [5.41, 5.74) is 0. The predicted octanol–water partition coefficient (Wildman–Crippen LogP) is 1.69. The number of halogens is 1. The first-order valence-corrected chi connectivity index (χ1v) is 4.36. The summed E-state index contributed by atoms with van der Waals surface area (Å²) in [6, 6.07) is 0. The van der Waals surface area contributed by atoms with Gasteiger partial charge < -0.3 is 0 Å². The fraction of sp³-hybridized carbons (Fsp3) is 0.500. The molecule has 0 radical (unpaired) electrons. The van der Waals surface area contributed by atoms with Crippen molar-refractivity contribution >= 4 is 11.6 Å². The summed E-state index contributed by atoms with van der Waals surface area (Å²) in [6.45, 7) is 4.57. The number of hydrogen-bond donors (Lipinski definition) is 0. The molecule has 0 aliphatic rings. The lowest BCUT2D eigenvalue weighted by Crippen LogP contribution is -2.00. The van der Waals surface area contributed by atoms with Crippen molar-refractivity contribution in [2.75, 3.05) is 5.88 Å². The summed E-state index contributed by atoms with van der Waals surface area (Å²) in [4.78, 5) is 4.17. The maximum atomic E-state index is 5.48. The molecule has 0 N–H and O–H groups in total. The SMILES string of the molecule is Cc1nc(C)n(CC=CCCl)n1. The molecule has 1 heterocycles. The minimum Gasteiger partial charge on any atom is -0.246 e. The van der Waals surface area contributed by atoms with Crippen LogP contribution < -0.4 is 0 Å². The smallest absolute Gasteiger partial charge is 0.147 e. The van der Waals surface area contributed by atoms with E-state index in [0.717, 1.165) is 18.2 Å². The quantitative estimate of drug-likeness (QED) is 0.530. The van der Waals surface area contributed by atoms with Gasteiger partial charge in [-0.2, -0.15) is 5.10 Å². The first-order valence-electron chi connectivity index (χ1n) is 3.83. The largest absolute Gasteiger partial charge is 0.246 e. The van der Waals surface area contributed by atoms with Crippen molar-refractivity contribution in [3.05, 3.63) is 23.8 Å². The second-order valence-corrected chi connectivity index (χ2v) is 2.82. The van der Waals surface area contributed by atoms with Gasteiger partial charge in [0.1, 0.15) is 11.6 Å². The first-order chi connectivity index (χ1) is 5.74. The van der Waals surface area contributed by atoms with Gasteiger partial charge in [-0.3, -0.25) is 0 Å². The van der Waals surface area contributed by atoms with E-state index in [1.54, 1.807) is 0 Å². The van der Waals surface area contributed by atoms with Gasteiger partial charge in [-0.15, -0.1) is 11.6 Å². The van der Waals surface area contributed by atoms with E-state index in [2.05, 4.69) is 10.1 Å². The van der Waals surface area contributed by atoms with Crippen molar-refractivity contribution in [2.45, 2.75) is 20.4 Å². The van der Waals surface area contributed by atoms with Gasteiger partial charge in [0.15, 0.2) is 0 Å². The standard InChI is InChI=1S/C8H12ClN3/c1-7-10-8(2)12(11-7)6-4-3-5-9/h3-4H,5-6H2,1-2H3. The maximum Gasteiger partial charge on any atom is 0.147 e. The molecule has 0 aliphatic carbocycles. The Morgan fingerprint density at radius 3 is 2.67 bits per heavy atom. The molecule has 12 heavy (non-hydrogen) atoms. The molecule has 1 rings (SSSR count). The highest BCUT2D eigenvalue weighted by Gasteiger charge is 1.98. The van der Waals surface area contributed by atoms with Gasteiger partial charge in [0, 0.05) is 5.88 Å². The van der Waals surface area contributed by atoms with Crippen LogP contribution in [0.5, 0.6) is 0 Å². The Balaban J connectivity index is 2.62. The zero-order chi connectivity index (χ0) is 8.97. The zero-order valence-electron chi connectivity index (χ0n) is 7.29. The normalized spacial score (nSPS) is 11.2. The molecular weight excluding hydrogens is 174 g/mol. The van der Waals surface area contributed by atoms with Crippen LogP contribution in [0.3, 0.4) is 0 Å². The molecule has 0 saturated heterocycles. The van der Waals surface area contributed by atoms with Crippen LogP contribution in [0.1, 0.15) is 11.6 Å². The van der Waals surface area contributed by atoms with E-state index in [-0.39, 0.29) is 0 Å². The number of allylic oxidation sites excluding steroid dienone is 2. The number of rotatable bonds is 3. The molecule has 0 aromatic carbocycles. The Bertz CT molecular complexity index is 278. The van der Waals surface area contributed by atoms with Gasteiger partial charge in [0.05, 0.1) is 6.54 Å².